The number of ether oxygens (including phenoxy) is 2. The number of halogens is 1. The smallest absolute Gasteiger partial charge is 0.141 e. The third-order valence-corrected chi connectivity index (χ3v) is 5.19. The lowest BCUT2D eigenvalue weighted by Gasteiger charge is -2.31. The second kappa shape index (κ2) is 6.81. The average molecular weight is 342 g/mol. The molecule has 2 N–H and O–H groups in total. The van der Waals surface area contributed by atoms with Crippen LogP contribution in [0.5, 0.6) is 11.5 Å². The molecule has 0 saturated heterocycles. The van der Waals surface area contributed by atoms with Crippen molar-refractivity contribution in [1.82, 2.24) is 0 Å². The van der Waals surface area contributed by atoms with Crippen LogP contribution < -0.4 is 15.2 Å². The van der Waals surface area contributed by atoms with Crippen LogP contribution in [-0.2, 0) is 0 Å². The highest BCUT2D eigenvalue weighted by atomic mass is 79.9. The highest BCUT2D eigenvalue weighted by Crippen LogP contribution is 2.43. The molecule has 4 heteroatoms. The van der Waals surface area contributed by atoms with Gasteiger partial charge in [-0.2, -0.15) is 0 Å². The number of hydrogen-bond acceptors (Lipinski definition) is 3. The zero-order chi connectivity index (χ0) is 14.7. The van der Waals surface area contributed by atoms with E-state index in [0.717, 1.165) is 27.5 Å². The lowest BCUT2D eigenvalue weighted by molar-refractivity contribution is 0.252. The Labute approximate surface area is 130 Å². The standard InChI is InChI=1S/C16H24BrNO2/c1-10-4-6-11(7-5-10)15(18)12-8-9-13(19-2)14(17)16(12)20-3/h8-11,15H,4-7,18H2,1-3H3. The maximum Gasteiger partial charge on any atom is 0.141 e. The first-order valence-corrected chi connectivity index (χ1v) is 8.03. The monoisotopic (exact) mass is 341 g/mol. The van der Waals surface area contributed by atoms with Gasteiger partial charge in [0, 0.05) is 11.6 Å². The van der Waals surface area contributed by atoms with Gasteiger partial charge in [-0.3, -0.25) is 0 Å². The van der Waals surface area contributed by atoms with Gasteiger partial charge in [-0.1, -0.05) is 19.8 Å². The SMILES string of the molecule is COc1ccc(C(N)C2CCC(C)CC2)c(OC)c1Br. The highest BCUT2D eigenvalue weighted by Gasteiger charge is 2.27. The minimum atomic E-state index is 0.0275. The van der Waals surface area contributed by atoms with E-state index in [1.165, 1.54) is 25.7 Å². The van der Waals surface area contributed by atoms with Gasteiger partial charge in [0.25, 0.3) is 0 Å². The summed E-state index contributed by atoms with van der Waals surface area (Å²) in [6, 6.07) is 4.01. The van der Waals surface area contributed by atoms with Gasteiger partial charge in [0.1, 0.15) is 16.0 Å². The molecule has 1 atom stereocenters. The summed E-state index contributed by atoms with van der Waals surface area (Å²) in [6.45, 7) is 2.33. The molecule has 1 aliphatic carbocycles. The first-order valence-electron chi connectivity index (χ1n) is 7.24. The van der Waals surface area contributed by atoms with Crippen LogP contribution in [0.4, 0.5) is 0 Å². The quantitative estimate of drug-likeness (QED) is 0.888. The molecule has 0 radical (unpaired) electrons. The van der Waals surface area contributed by atoms with Gasteiger partial charge >= 0.3 is 0 Å². The first kappa shape index (κ1) is 15.6. The van der Waals surface area contributed by atoms with E-state index in [1.54, 1.807) is 14.2 Å². The van der Waals surface area contributed by atoms with E-state index >= 15 is 0 Å². The molecule has 2 rings (SSSR count). The van der Waals surface area contributed by atoms with Crippen molar-refractivity contribution in [2.75, 3.05) is 14.2 Å². The zero-order valence-corrected chi connectivity index (χ0v) is 14.1. The number of hydrogen-bond donors (Lipinski definition) is 1. The van der Waals surface area contributed by atoms with Crippen molar-refractivity contribution >= 4 is 15.9 Å². The van der Waals surface area contributed by atoms with Crippen molar-refractivity contribution in [2.45, 2.75) is 38.6 Å². The number of rotatable bonds is 4. The van der Waals surface area contributed by atoms with Crippen molar-refractivity contribution in [3.8, 4) is 11.5 Å². The van der Waals surface area contributed by atoms with E-state index in [1.807, 2.05) is 12.1 Å². The van der Waals surface area contributed by atoms with E-state index in [2.05, 4.69) is 22.9 Å². The second-order valence-corrected chi connectivity index (χ2v) is 6.54. The third kappa shape index (κ3) is 3.12. The van der Waals surface area contributed by atoms with E-state index < -0.39 is 0 Å². The molecule has 112 valence electrons. The predicted octanol–water partition coefficient (Wildman–Crippen LogP) is 4.29. The fourth-order valence-electron chi connectivity index (χ4n) is 3.08. The van der Waals surface area contributed by atoms with Crippen molar-refractivity contribution in [1.29, 1.82) is 0 Å². The number of benzene rings is 1. The lowest BCUT2D eigenvalue weighted by atomic mass is 9.77. The molecule has 0 bridgehead atoms. The van der Waals surface area contributed by atoms with Crippen LogP contribution in [0.3, 0.4) is 0 Å². The predicted molar refractivity (Wildman–Crippen MR) is 85.3 cm³/mol. The molecule has 20 heavy (non-hydrogen) atoms. The first-order chi connectivity index (χ1) is 9.58. The molecule has 1 aromatic rings. The van der Waals surface area contributed by atoms with Crippen LogP contribution in [0.1, 0.15) is 44.2 Å². The van der Waals surface area contributed by atoms with Crippen LogP contribution in [0.15, 0.2) is 16.6 Å². The highest BCUT2D eigenvalue weighted by molar-refractivity contribution is 9.10. The Kier molecular flexibility index (Phi) is 5.33. The minimum Gasteiger partial charge on any atom is -0.495 e. The summed E-state index contributed by atoms with van der Waals surface area (Å²) in [5, 5.41) is 0. The minimum absolute atomic E-state index is 0.0275. The molecule has 0 spiro atoms. The van der Waals surface area contributed by atoms with E-state index in [0.29, 0.717) is 5.92 Å². The molecule has 1 unspecified atom stereocenters. The summed E-state index contributed by atoms with van der Waals surface area (Å²) in [5.74, 6) is 2.95. The summed E-state index contributed by atoms with van der Waals surface area (Å²) in [7, 11) is 3.33. The Morgan fingerprint density at radius 2 is 1.80 bits per heavy atom. The molecule has 1 saturated carbocycles. The summed E-state index contributed by atoms with van der Waals surface area (Å²) < 4.78 is 11.7. The number of methoxy groups -OCH3 is 2. The van der Waals surface area contributed by atoms with Gasteiger partial charge < -0.3 is 15.2 Å². The summed E-state index contributed by atoms with van der Waals surface area (Å²) in [4.78, 5) is 0. The van der Waals surface area contributed by atoms with Crippen molar-refractivity contribution < 1.29 is 9.47 Å². The van der Waals surface area contributed by atoms with Gasteiger partial charge in [-0.15, -0.1) is 0 Å². The lowest BCUT2D eigenvalue weighted by Crippen LogP contribution is -2.26. The molecular weight excluding hydrogens is 318 g/mol. The Hall–Kier alpha value is -0.740. The maximum absolute atomic E-state index is 6.51. The molecular formula is C16H24BrNO2. The zero-order valence-electron chi connectivity index (χ0n) is 12.5. The Morgan fingerprint density at radius 1 is 1.15 bits per heavy atom. The average Bonchev–Trinajstić information content (AvgIpc) is 2.47. The summed E-state index contributed by atoms with van der Waals surface area (Å²) in [5.41, 5.74) is 7.58. The fourth-order valence-corrected chi connectivity index (χ4v) is 3.76. The van der Waals surface area contributed by atoms with E-state index in [9.17, 15) is 0 Å². The molecule has 0 amide bonds. The number of nitrogens with two attached hydrogens (primary N) is 1. The van der Waals surface area contributed by atoms with Gasteiger partial charge in [0.2, 0.25) is 0 Å². The molecule has 0 aliphatic heterocycles. The Morgan fingerprint density at radius 3 is 2.35 bits per heavy atom. The third-order valence-electron chi connectivity index (χ3n) is 4.44. The molecule has 1 aliphatic rings. The molecule has 1 fully saturated rings. The second-order valence-electron chi connectivity index (χ2n) is 5.75. The fraction of sp³-hybridized carbons (Fsp3) is 0.625. The topological polar surface area (TPSA) is 44.5 Å². The van der Waals surface area contributed by atoms with E-state index in [4.69, 9.17) is 15.2 Å². The van der Waals surface area contributed by atoms with Gasteiger partial charge in [0.05, 0.1) is 14.2 Å². The molecule has 0 heterocycles. The van der Waals surface area contributed by atoms with Gasteiger partial charge in [-0.05, 0) is 52.7 Å². The van der Waals surface area contributed by atoms with Crippen molar-refractivity contribution in [3.63, 3.8) is 0 Å². The van der Waals surface area contributed by atoms with E-state index in [-0.39, 0.29) is 6.04 Å². The van der Waals surface area contributed by atoms with Crippen LogP contribution in [0.25, 0.3) is 0 Å². The van der Waals surface area contributed by atoms with Gasteiger partial charge in [0.15, 0.2) is 0 Å². The summed E-state index contributed by atoms with van der Waals surface area (Å²) in [6.07, 6.45) is 4.96. The van der Waals surface area contributed by atoms with Crippen LogP contribution in [0.2, 0.25) is 0 Å². The largest absolute Gasteiger partial charge is 0.495 e. The molecule has 1 aromatic carbocycles. The van der Waals surface area contributed by atoms with Crippen LogP contribution in [-0.4, -0.2) is 14.2 Å². The van der Waals surface area contributed by atoms with Crippen molar-refractivity contribution in [3.05, 3.63) is 22.2 Å². The van der Waals surface area contributed by atoms with Crippen LogP contribution >= 0.6 is 15.9 Å². The molecule has 0 aromatic heterocycles. The Balaban J connectivity index is 2.25. The maximum atomic E-state index is 6.51. The Bertz CT molecular complexity index is 456. The van der Waals surface area contributed by atoms with Gasteiger partial charge in [-0.25, -0.2) is 0 Å². The normalized spacial score (nSPS) is 24.2. The van der Waals surface area contributed by atoms with Crippen LogP contribution in [0, 0.1) is 11.8 Å². The summed E-state index contributed by atoms with van der Waals surface area (Å²) >= 11 is 3.55. The molecule has 3 nitrogen and oxygen atoms in total. The van der Waals surface area contributed by atoms with Crippen molar-refractivity contribution in [2.24, 2.45) is 17.6 Å².